The Balaban J connectivity index is 2.14. The number of thioether (sulfide) groups is 1. The van der Waals surface area contributed by atoms with Crippen LogP contribution in [0.3, 0.4) is 0 Å². The molecule has 0 saturated heterocycles. The standard InChI is InChI=1S/C15H17N3O4S/c1-7-12-14(23-6-11(19)16-15(12)18-17-7)8-4-9(21-2)13(20)10(5-8)22-3/h4-5,14,20H,6H2,1-3H3,(H2,16,17,18,19). The lowest BCUT2D eigenvalue weighted by atomic mass is 10.0. The minimum Gasteiger partial charge on any atom is -0.502 e. The third kappa shape index (κ3) is 2.70. The van der Waals surface area contributed by atoms with E-state index in [-0.39, 0.29) is 16.9 Å². The maximum Gasteiger partial charge on any atom is 0.235 e. The second kappa shape index (κ2) is 6.04. The van der Waals surface area contributed by atoms with E-state index in [0.29, 0.717) is 23.1 Å². The summed E-state index contributed by atoms with van der Waals surface area (Å²) < 4.78 is 10.5. The Kier molecular flexibility index (Phi) is 4.08. The number of carbonyl (C=O) groups excluding carboxylic acids is 1. The van der Waals surface area contributed by atoms with Gasteiger partial charge in [0.1, 0.15) is 0 Å². The first-order valence-corrected chi connectivity index (χ1v) is 8.01. The third-order valence-electron chi connectivity index (χ3n) is 3.70. The van der Waals surface area contributed by atoms with Crippen LogP contribution in [0.2, 0.25) is 0 Å². The molecular formula is C15H17N3O4S. The summed E-state index contributed by atoms with van der Waals surface area (Å²) in [6.45, 7) is 1.91. The molecule has 2 heterocycles. The molecule has 0 radical (unpaired) electrons. The zero-order valence-corrected chi connectivity index (χ0v) is 13.8. The van der Waals surface area contributed by atoms with E-state index < -0.39 is 0 Å². The van der Waals surface area contributed by atoms with Crippen LogP contribution in [-0.2, 0) is 4.79 Å². The van der Waals surface area contributed by atoms with E-state index in [1.54, 1.807) is 12.1 Å². The maximum absolute atomic E-state index is 11.9. The van der Waals surface area contributed by atoms with Gasteiger partial charge in [-0.3, -0.25) is 9.89 Å². The Morgan fingerprint density at radius 1 is 1.30 bits per heavy atom. The number of aromatic hydroxyl groups is 1. The Hall–Kier alpha value is -2.35. The van der Waals surface area contributed by atoms with Crippen LogP contribution in [0.25, 0.3) is 0 Å². The summed E-state index contributed by atoms with van der Waals surface area (Å²) in [7, 11) is 2.97. The lowest BCUT2D eigenvalue weighted by molar-refractivity contribution is -0.113. The number of carbonyl (C=O) groups is 1. The second-order valence-corrected chi connectivity index (χ2v) is 6.22. The average Bonchev–Trinajstić information content (AvgIpc) is 2.80. The number of rotatable bonds is 3. The molecule has 1 aliphatic heterocycles. The summed E-state index contributed by atoms with van der Waals surface area (Å²) in [5.74, 6) is 1.36. The van der Waals surface area contributed by atoms with E-state index >= 15 is 0 Å². The number of aromatic amines is 1. The highest BCUT2D eigenvalue weighted by molar-refractivity contribution is 8.00. The molecule has 1 unspecified atom stereocenters. The van der Waals surface area contributed by atoms with Gasteiger partial charge in [-0.15, -0.1) is 11.8 Å². The van der Waals surface area contributed by atoms with Gasteiger partial charge in [-0.2, -0.15) is 5.10 Å². The zero-order chi connectivity index (χ0) is 16.6. The van der Waals surface area contributed by atoms with Gasteiger partial charge in [-0.05, 0) is 24.6 Å². The molecule has 0 bridgehead atoms. The van der Waals surface area contributed by atoms with Gasteiger partial charge in [0.25, 0.3) is 0 Å². The van der Waals surface area contributed by atoms with Gasteiger partial charge in [0.15, 0.2) is 17.3 Å². The summed E-state index contributed by atoms with van der Waals surface area (Å²) in [5.41, 5.74) is 2.66. The fourth-order valence-corrected chi connectivity index (χ4v) is 3.77. The predicted octanol–water partition coefficient (Wildman–Crippen LogP) is 2.22. The number of ether oxygens (including phenoxy) is 2. The van der Waals surface area contributed by atoms with E-state index in [2.05, 4.69) is 15.5 Å². The van der Waals surface area contributed by atoms with Crippen molar-refractivity contribution in [2.45, 2.75) is 12.2 Å². The van der Waals surface area contributed by atoms with Crippen molar-refractivity contribution in [3.63, 3.8) is 0 Å². The highest BCUT2D eigenvalue weighted by Gasteiger charge is 2.29. The summed E-state index contributed by atoms with van der Waals surface area (Å²) in [6, 6.07) is 3.50. The zero-order valence-electron chi connectivity index (χ0n) is 13.0. The van der Waals surface area contributed by atoms with Gasteiger partial charge in [0.2, 0.25) is 11.7 Å². The highest BCUT2D eigenvalue weighted by atomic mass is 32.2. The minimum absolute atomic E-state index is 0.0456. The molecule has 1 aromatic carbocycles. The molecule has 0 spiro atoms. The molecule has 1 aromatic heterocycles. The van der Waals surface area contributed by atoms with Crippen molar-refractivity contribution in [2.24, 2.45) is 0 Å². The molecule has 2 aromatic rings. The number of nitrogens with one attached hydrogen (secondary N) is 2. The summed E-state index contributed by atoms with van der Waals surface area (Å²) in [5, 5.41) is 19.8. The number of phenolic OH excluding ortho intramolecular Hbond substituents is 1. The molecule has 122 valence electrons. The molecule has 23 heavy (non-hydrogen) atoms. The number of hydrogen-bond acceptors (Lipinski definition) is 6. The predicted molar refractivity (Wildman–Crippen MR) is 87.5 cm³/mol. The van der Waals surface area contributed by atoms with Crippen LogP contribution < -0.4 is 14.8 Å². The van der Waals surface area contributed by atoms with Crippen LogP contribution in [0.15, 0.2) is 12.1 Å². The van der Waals surface area contributed by atoms with Gasteiger partial charge in [-0.1, -0.05) is 0 Å². The largest absolute Gasteiger partial charge is 0.502 e. The van der Waals surface area contributed by atoms with E-state index in [4.69, 9.17) is 9.47 Å². The fraction of sp³-hybridized carbons (Fsp3) is 0.333. The van der Waals surface area contributed by atoms with Crippen LogP contribution in [0.5, 0.6) is 17.2 Å². The summed E-state index contributed by atoms with van der Waals surface area (Å²) in [4.78, 5) is 11.9. The van der Waals surface area contributed by atoms with E-state index in [1.165, 1.54) is 26.0 Å². The number of amides is 1. The van der Waals surface area contributed by atoms with E-state index in [9.17, 15) is 9.90 Å². The Morgan fingerprint density at radius 2 is 1.96 bits per heavy atom. The van der Waals surface area contributed by atoms with Crippen molar-refractivity contribution >= 4 is 23.5 Å². The average molecular weight is 335 g/mol. The quantitative estimate of drug-likeness (QED) is 0.796. The van der Waals surface area contributed by atoms with Gasteiger partial charge >= 0.3 is 0 Å². The number of hydrogen-bond donors (Lipinski definition) is 3. The number of benzene rings is 1. The molecule has 1 amide bonds. The van der Waals surface area contributed by atoms with Gasteiger partial charge in [0, 0.05) is 11.3 Å². The van der Waals surface area contributed by atoms with Crippen LogP contribution in [-0.4, -0.2) is 41.2 Å². The van der Waals surface area contributed by atoms with Crippen LogP contribution in [0.4, 0.5) is 5.82 Å². The van der Waals surface area contributed by atoms with Crippen molar-refractivity contribution in [3.8, 4) is 17.2 Å². The van der Waals surface area contributed by atoms with E-state index in [1.807, 2.05) is 6.92 Å². The number of fused-ring (bicyclic) bond motifs is 1. The minimum atomic E-state index is -0.133. The van der Waals surface area contributed by atoms with Crippen molar-refractivity contribution in [1.29, 1.82) is 0 Å². The van der Waals surface area contributed by atoms with Gasteiger partial charge in [-0.25, -0.2) is 0 Å². The summed E-state index contributed by atoms with van der Waals surface area (Å²) in [6.07, 6.45) is 0. The molecule has 0 fully saturated rings. The van der Waals surface area contributed by atoms with Crippen molar-refractivity contribution in [2.75, 3.05) is 25.3 Å². The van der Waals surface area contributed by atoms with Crippen LogP contribution in [0, 0.1) is 6.92 Å². The first kappa shape index (κ1) is 15.5. The number of aromatic nitrogens is 2. The number of aryl methyl sites for hydroxylation is 1. The van der Waals surface area contributed by atoms with Crippen molar-refractivity contribution < 1.29 is 19.4 Å². The highest BCUT2D eigenvalue weighted by Crippen LogP contribution is 2.46. The van der Waals surface area contributed by atoms with E-state index in [0.717, 1.165) is 16.8 Å². The molecule has 0 saturated carbocycles. The lowest BCUT2D eigenvalue weighted by Gasteiger charge is -2.18. The Morgan fingerprint density at radius 3 is 2.57 bits per heavy atom. The molecular weight excluding hydrogens is 318 g/mol. The number of methoxy groups -OCH3 is 2. The van der Waals surface area contributed by atoms with Gasteiger partial charge in [0.05, 0.1) is 25.2 Å². The Labute approximate surface area is 137 Å². The third-order valence-corrected chi connectivity index (χ3v) is 4.97. The molecule has 1 atom stereocenters. The monoisotopic (exact) mass is 335 g/mol. The molecule has 7 nitrogen and oxygen atoms in total. The molecule has 3 rings (SSSR count). The molecule has 3 N–H and O–H groups in total. The molecule has 1 aliphatic rings. The smallest absolute Gasteiger partial charge is 0.235 e. The Bertz CT molecular complexity index is 734. The van der Waals surface area contributed by atoms with Crippen LogP contribution in [0.1, 0.15) is 22.1 Å². The second-order valence-electron chi connectivity index (χ2n) is 5.12. The normalized spacial score (nSPS) is 17.2. The number of phenols is 1. The fourth-order valence-electron chi connectivity index (χ4n) is 2.59. The first-order valence-electron chi connectivity index (χ1n) is 6.96. The van der Waals surface area contributed by atoms with Crippen LogP contribution >= 0.6 is 11.8 Å². The lowest BCUT2D eigenvalue weighted by Crippen LogP contribution is -2.12. The maximum atomic E-state index is 11.9. The number of H-pyrrole nitrogens is 1. The molecule has 8 heteroatoms. The van der Waals surface area contributed by atoms with Crippen molar-refractivity contribution in [3.05, 3.63) is 29.0 Å². The van der Waals surface area contributed by atoms with Gasteiger partial charge < -0.3 is 19.9 Å². The number of anilines is 1. The van der Waals surface area contributed by atoms with Crippen molar-refractivity contribution in [1.82, 2.24) is 10.2 Å². The molecule has 0 aliphatic carbocycles. The number of nitrogens with zero attached hydrogens (tertiary/aromatic N) is 1. The summed E-state index contributed by atoms with van der Waals surface area (Å²) >= 11 is 1.49. The topological polar surface area (TPSA) is 96.5 Å². The first-order chi connectivity index (χ1) is 11.0. The SMILES string of the molecule is COc1cc(C2SCC(=O)Nc3n[nH]c(C)c32)cc(OC)c1O.